The molecule has 9 nitrogen and oxygen atoms in total. The van der Waals surface area contributed by atoms with E-state index in [9.17, 15) is 9.59 Å². The maximum absolute atomic E-state index is 13.8. The van der Waals surface area contributed by atoms with Gasteiger partial charge in [-0.15, -0.1) is 10.2 Å². The predicted molar refractivity (Wildman–Crippen MR) is 166 cm³/mol. The van der Waals surface area contributed by atoms with E-state index in [1.54, 1.807) is 19.1 Å². The summed E-state index contributed by atoms with van der Waals surface area (Å²) in [6.45, 7) is 6.18. The Morgan fingerprint density at radius 2 is 1.58 bits per heavy atom. The Balaban J connectivity index is 1.25. The van der Waals surface area contributed by atoms with Crippen molar-refractivity contribution in [2.24, 2.45) is 0 Å². The lowest BCUT2D eigenvalue weighted by Gasteiger charge is -2.37. The van der Waals surface area contributed by atoms with Crippen LogP contribution in [0, 0.1) is 6.92 Å². The first-order valence-electron chi connectivity index (χ1n) is 14.4. The number of amides is 2. The van der Waals surface area contributed by atoms with E-state index < -0.39 is 0 Å². The Labute approximate surface area is 252 Å². The summed E-state index contributed by atoms with van der Waals surface area (Å²) in [5, 5.41) is 8.92. The van der Waals surface area contributed by atoms with Gasteiger partial charge in [0.2, 0.25) is 5.91 Å². The van der Waals surface area contributed by atoms with Gasteiger partial charge in [0.1, 0.15) is 18.0 Å². The molecule has 222 valence electrons. The smallest absolute Gasteiger partial charge is 0.255 e. The largest absolute Gasteiger partial charge is 0.497 e. The second-order valence-corrected chi connectivity index (χ2v) is 10.5. The fraction of sp³-hybridized carbons (Fsp3) is 0.294. The molecule has 1 fully saturated rings. The molecule has 43 heavy (non-hydrogen) atoms. The normalized spacial score (nSPS) is 13.8. The number of aromatic nitrogens is 2. The maximum Gasteiger partial charge on any atom is 0.255 e. The average molecular weight is 580 g/mol. The number of piperazine rings is 1. The van der Waals surface area contributed by atoms with Crippen LogP contribution in [0.2, 0.25) is 0 Å². The van der Waals surface area contributed by atoms with Crippen LogP contribution < -0.4 is 14.4 Å². The summed E-state index contributed by atoms with van der Waals surface area (Å²) in [5.41, 5.74) is 4.00. The Morgan fingerprint density at radius 1 is 0.860 bits per heavy atom. The van der Waals surface area contributed by atoms with Crippen LogP contribution in [0.3, 0.4) is 0 Å². The number of anilines is 1. The van der Waals surface area contributed by atoms with Gasteiger partial charge in [0.05, 0.1) is 26.0 Å². The Morgan fingerprint density at radius 3 is 2.23 bits per heavy atom. The van der Waals surface area contributed by atoms with Crippen molar-refractivity contribution in [3.05, 3.63) is 102 Å². The molecule has 3 aromatic carbocycles. The summed E-state index contributed by atoms with van der Waals surface area (Å²) in [4.78, 5) is 33.0. The highest BCUT2D eigenvalue weighted by Gasteiger charge is 2.29. The van der Waals surface area contributed by atoms with Crippen molar-refractivity contribution in [3.8, 4) is 22.8 Å². The van der Waals surface area contributed by atoms with Gasteiger partial charge in [-0.25, -0.2) is 0 Å². The van der Waals surface area contributed by atoms with Crippen molar-refractivity contribution in [1.82, 2.24) is 20.0 Å². The summed E-state index contributed by atoms with van der Waals surface area (Å²) in [5.74, 6) is 1.89. The lowest BCUT2D eigenvalue weighted by atomic mass is 10.0. The minimum Gasteiger partial charge on any atom is -0.497 e. The number of benzene rings is 3. The molecule has 4 aromatic rings. The van der Waals surface area contributed by atoms with Gasteiger partial charge in [-0.05, 0) is 55.3 Å². The van der Waals surface area contributed by atoms with Gasteiger partial charge in [0.15, 0.2) is 5.82 Å². The highest BCUT2D eigenvalue weighted by molar-refractivity contribution is 5.98. The quantitative estimate of drug-likeness (QED) is 0.275. The molecular formula is C34H37N5O4. The number of carbonyl (C=O) groups is 2. The first-order valence-corrected chi connectivity index (χ1v) is 14.4. The van der Waals surface area contributed by atoms with Crippen LogP contribution in [-0.2, 0) is 4.79 Å². The molecule has 1 aliphatic heterocycles. The Hall–Kier alpha value is -4.92. The van der Waals surface area contributed by atoms with E-state index in [0.29, 0.717) is 48.9 Å². The van der Waals surface area contributed by atoms with Gasteiger partial charge in [-0.1, -0.05) is 48.5 Å². The van der Waals surface area contributed by atoms with Gasteiger partial charge in [-0.2, -0.15) is 0 Å². The van der Waals surface area contributed by atoms with Gasteiger partial charge < -0.3 is 24.2 Å². The minimum absolute atomic E-state index is 0.00141. The molecule has 0 aliphatic carbocycles. The van der Waals surface area contributed by atoms with Crippen molar-refractivity contribution in [1.29, 1.82) is 0 Å². The third kappa shape index (κ3) is 6.61. The van der Waals surface area contributed by atoms with E-state index in [0.717, 1.165) is 22.5 Å². The summed E-state index contributed by atoms with van der Waals surface area (Å²) in [6, 6.07) is 26.5. The summed E-state index contributed by atoms with van der Waals surface area (Å²) >= 11 is 0. The molecule has 0 radical (unpaired) electrons. The number of methoxy groups -OCH3 is 2. The van der Waals surface area contributed by atoms with Crippen LogP contribution in [0.1, 0.15) is 34.5 Å². The van der Waals surface area contributed by atoms with Crippen molar-refractivity contribution >= 4 is 17.6 Å². The SMILES string of the molecule is COc1ccc(-c2ccc(N3CCN(C(=O)CN(C(=O)c4ccccc4C)C(C)c4ccccc4)CC3)nn2)c(OC)c1. The molecule has 9 heteroatoms. The molecular weight excluding hydrogens is 542 g/mol. The second kappa shape index (κ2) is 13.4. The number of nitrogens with zero attached hydrogens (tertiary/aromatic N) is 5. The lowest BCUT2D eigenvalue weighted by molar-refractivity contribution is -0.132. The highest BCUT2D eigenvalue weighted by atomic mass is 16.5. The number of ether oxygens (including phenoxy) is 2. The van der Waals surface area contributed by atoms with Crippen LogP contribution >= 0.6 is 0 Å². The molecule has 5 rings (SSSR count). The zero-order valence-electron chi connectivity index (χ0n) is 25.1. The first-order chi connectivity index (χ1) is 20.9. The molecule has 2 amide bonds. The molecule has 1 saturated heterocycles. The maximum atomic E-state index is 13.8. The predicted octanol–water partition coefficient (Wildman–Crippen LogP) is 5.02. The highest BCUT2D eigenvalue weighted by Crippen LogP contribution is 2.32. The molecule has 0 bridgehead atoms. The minimum atomic E-state index is -0.267. The van der Waals surface area contributed by atoms with E-state index in [4.69, 9.17) is 9.47 Å². The van der Waals surface area contributed by atoms with Crippen molar-refractivity contribution < 1.29 is 19.1 Å². The van der Waals surface area contributed by atoms with E-state index in [2.05, 4.69) is 15.1 Å². The monoisotopic (exact) mass is 579 g/mol. The summed E-state index contributed by atoms with van der Waals surface area (Å²) in [6.07, 6.45) is 0. The lowest BCUT2D eigenvalue weighted by Crippen LogP contribution is -2.52. The fourth-order valence-corrected chi connectivity index (χ4v) is 5.34. The fourth-order valence-electron chi connectivity index (χ4n) is 5.34. The Bertz CT molecular complexity index is 1550. The zero-order chi connectivity index (χ0) is 30.3. The van der Waals surface area contributed by atoms with Gasteiger partial charge in [0.25, 0.3) is 5.91 Å². The number of hydrogen-bond donors (Lipinski definition) is 0. The summed E-state index contributed by atoms with van der Waals surface area (Å²) in [7, 11) is 3.23. The second-order valence-electron chi connectivity index (χ2n) is 10.5. The summed E-state index contributed by atoms with van der Waals surface area (Å²) < 4.78 is 10.8. The van der Waals surface area contributed by atoms with E-state index in [1.165, 1.54) is 0 Å². The number of aryl methyl sites for hydroxylation is 1. The molecule has 1 aliphatic rings. The number of carbonyl (C=O) groups excluding carboxylic acids is 2. The van der Waals surface area contributed by atoms with Crippen molar-refractivity contribution in [3.63, 3.8) is 0 Å². The van der Waals surface area contributed by atoms with Crippen molar-refractivity contribution in [2.45, 2.75) is 19.9 Å². The Kier molecular flexibility index (Phi) is 9.20. The molecule has 0 spiro atoms. The topological polar surface area (TPSA) is 88.1 Å². The average Bonchev–Trinajstić information content (AvgIpc) is 3.07. The van der Waals surface area contributed by atoms with Crippen LogP contribution in [-0.4, -0.2) is 78.8 Å². The molecule has 2 heterocycles. The van der Waals surface area contributed by atoms with E-state index in [-0.39, 0.29) is 24.4 Å². The van der Waals surface area contributed by atoms with Crippen LogP contribution in [0.5, 0.6) is 11.5 Å². The third-order valence-corrected chi connectivity index (χ3v) is 7.98. The molecule has 1 unspecified atom stereocenters. The van der Waals surface area contributed by atoms with Crippen LogP contribution in [0.25, 0.3) is 11.3 Å². The van der Waals surface area contributed by atoms with E-state index in [1.807, 2.05) is 104 Å². The number of hydrogen-bond acceptors (Lipinski definition) is 7. The van der Waals surface area contributed by atoms with Gasteiger partial charge in [-0.3, -0.25) is 9.59 Å². The molecule has 0 saturated carbocycles. The molecule has 0 N–H and O–H groups in total. The molecule has 1 atom stereocenters. The number of rotatable bonds is 9. The van der Waals surface area contributed by atoms with Crippen LogP contribution in [0.15, 0.2) is 84.9 Å². The van der Waals surface area contributed by atoms with Crippen molar-refractivity contribution in [2.75, 3.05) is 51.8 Å². The zero-order valence-corrected chi connectivity index (χ0v) is 25.1. The van der Waals surface area contributed by atoms with Gasteiger partial charge >= 0.3 is 0 Å². The van der Waals surface area contributed by atoms with Gasteiger partial charge in [0, 0.05) is 43.4 Å². The van der Waals surface area contributed by atoms with E-state index >= 15 is 0 Å². The first kappa shape index (κ1) is 29.6. The van der Waals surface area contributed by atoms with Crippen LogP contribution in [0.4, 0.5) is 5.82 Å². The third-order valence-electron chi connectivity index (χ3n) is 7.98. The standard InChI is InChI=1S/C34H37N5O4/c1-24-10-8-9-13-28(24)34(41)39(25(2)26-11-6-5-7-12-26)23-33(40)38-20-18-37(19-21-38)32-17-16-30(35-36-32)29-15-14-27(42-3)22-31(29)43-4/h5-17,22,25H,18-21,23H2,1-4H3. The molecule has 1 aromatic heterocycles.